The van der Waals surface area contributed by atoms with E-state index in [1.807, 2.05) is 36.5 Å². The standard InChI is InChI=1S/C17H15N5O2/c1-2-12(9-18-6-1)10-20-17-19-7-5-16(22-17)21-13-3-4-14-15(8-13)24-11-23-14/h1-9H,10-11H2,(H2,19,20,21,22). The van der Waals surface area contributed by atoms with Crippen molar-refractivity contribution in [1.82, 2.24) is 15.0 Å². The third-order valence-electron chi connectivity index (χ3n) is 3.47. The van der Waals surface area contributed by atoms with E-state index >= 15 is 0 Å². The highest BCUT2D eigenvalue weighted by molar-refractivity contribution is 5.62. The van der Waals surface area contributed by atoms with Gasteiger partial charge in [0.05, 0.1) is 0 Å². The lowest BCUT2D eigenvalue weighted by Crippen LogP contribution is -2.05. The fourth-order valence-electron chi connectivity index (χ4n) is 2.32. The molecule has 0 fully saturated rings. The van der Waals surface area contributed by atoms with Gasteiger partial charge in [-0.25, -0.2) is 4.98 Å². The van der Waals surface area contributed by atoms with Gasteiger partial charge in [-0.05, 0) is 29.8 Å². The maximum absolute atomic E-state index is 5.37. The SMILES string of the molecule is c1cncc(CNc2nccc(Nc3ccc4c(c3)OCO4)n2)c1. The van der Waals surface area contributed by atoms with Crippen LogP contribution in [0.15, 0.2) is 55.0 Å². The molecule has 3 aromatic rings. The van der Waals surface area contributed by atoms with Crippen LogP contribution in [0.2, 0.25) is 0 Å². The Bertz CT molecular complexity index is 841. The zero-order chi connectivity index (χ0) is 16.2. The van der Waals surface area contributed by atoms with Crippen LogP contribution in [0.5, 0.6) is 11.5 Å². The summed E-state index contributed by atoms with van der Waals surface area (Å²) in [6, 6.07) is 11.4. The van der Waals surface area contributed by atoms with Crippen LogP contribution in [0, 0.1) is 0 Å². The minimum atomic E-state index is 0.259. The van der Waals surface area contributed by atoms with Gasteiger partial charge in [0.1, 0.15) is 5.82 Å². The molecule has 0 radical (unpaired) electrons. The number of ether oxygens (including phenoxy) is 2. The molecule has 1 aromatic carbocycles. The fourth-order valence-corrected chi connectivity index (χ4v) is 2.32. The maximum Gasteiger partial charge on any atom is 0.231 e. The predicted molar refractivity (Wildman–Crippen MR) is 89.4 cm³/mol. The van der Waals surface area contributed by atoms with Crippen LogP contribution in [-0.4, -0.2) is 21.7 Å². The first kappa shape index (κ1) is 14.3. The molecule has 0 bridgehead atoms. The molecule has 0 aliphatic carbocycles. The number of hydrogen-bond donors (Lipinski definition) is 2. The maximum atomic E-state index is 5.37. The lowest BCUT2D eigenvalue weighted by molar-refractivity contribution is 0.174. The smallest absolute Gasteiger partial charge is 0.231 e. The quantitative estimate of drug-likeness (QED) is 0.747. The van der Waals surface area contributed by atoms with E-state index in [0.717, 1.165) is 22.7 Å². The van der Waals surface area contributed by atoms with Gasteiger partial charge >= 0.3 is 0 Å². The van der Waals surface area contributed by atoms with E-state index in [1.165, 1.54) is 0 Å². The first-order valence-corrected chi connectivity index (χ1v) is 7.49. The van der Waals surface area contributed by atoms with Crippen LogP contribution in [0.1, 0.15) is 5.56 Å². The second-order valence-corrected chi connectivity index (χ2v) is 5.17. The normalized spacial score (nSPS) is 12.0. The zero-order valence-corrected chi connectivity index (χ0v) is 12.8. The summed E-state index contributed by atoms with van der Waals surface area (Å²) in [5.41, 5.74) is 1.94. The van der Waals surface area contributed by atoms with Crippen LogP contribution in [0.25, 0.3) is 0 Å². The number of fused-ring (bicyclic) bond motifs is 1. The number of anilines is 3. The number of aromatic nitrogens is 3. The summed E-state index contributed by atoms with van der Waals surface area (Å²) in [6.07, 6.45) is 5.26. The van der Waals surface area contributed by atoms with Crippen molar-refractivity contribution in [3.8, 4) is 11.5 Å². The molecular formula is C17H15N5O2. The average molecular weight is 321 g/mol. The predicted octanol–water partition coefficient (Wildman–Crippen LogP) is 2.96. The van der Waals surface area contributed by atoms with E-state index in [1.54, 1.807) is 18.5 Å². The lowest BCUT2D eigenvalue weighted by atomic mass is 10.3. The molecule has 0 atom stereocenters. The van der Waals surface area contributed by atoms with Crippen molar-refractivity contribution >= 4 is 17.5 Å². The molecule has 120 valence electrons. The van der Waals surface area contributed by atoms with Gasteiger partial charge in [-0.2, -0.15) is 4.98 Å². The van der Waals surface area contributed by atoms with Gasteiger partial charge in [-0.15, -0.1) is 0 Å². The summed E-state index contributed by atoms with van der Waals surface area (Å²) < 4.78 is 10.7. The molecule has 2 N–H and O–H groups in total. The molecule has 3 heterocycles. The van der Waals surface area contributed by atoms with Crippen molar-refractivity contribution in [2.24, 2.45) is 0 Å². The molecule has 4 rings (SSSR count). The third-order valence-corrected chi connectivity index (χ3v) is 3.47. The second kappa shape index (κ2) is 6.41. The summed E-state index contributed by atoms with van der Waals surface area (Å²) >= 11 is 0. The van der Waals surface area contributed by atoms with Crippen molar-refractivity contribution in [1.29, 1.82) is 0 Å². The highest BCUT2D eigenvalue weighted by Crippen LogP contribution is 2.34. The van der Waals surface area contributed by atoms with E-state index < -0.39 is 0 Å². The monoisotopic (exact) mass is 321 g/mol. The Balaban J connectivity index is 1.44. The molecule has 0 saturated carbocycles. The van der Waals surface area contributed by atoms with E-state index in [2.05, 4.69) is 25.6 Å². The number of benzene rings is 1. The minimum Gasteiger partial charge on any atom is -0.454 e. The molecule has 1 aliphatic rings. The van der Waals surface area contributed by atoms with Gasteiger partial charge in [-0.3, -0.25) is 4.98 Å². The lowest BCUT2D eigenvalue weighted by Gasteiger charge is -2.09. The van der Waals surface area contributed by atoms with Gasteiger partial charge in [-0.1, -0.05) is 6.07 Å². The van der Waals surface area contributed by atoms with E-state index in [9.17, 15) is 0 Å². The molecule has 1 aliphatic heterocycles. The Morgan fingerprint density at radius 1 is 1.04 bits per heavy atom. The van der Waals surface area contributed by atoms with Gasteiger partial charge in [0, 0.05) is 36.9 Å². The summed E-state index contributed by atoms with van der Waals surface area (Å²) in [6.45, 7) is 0.871. The van der Waals surface area contributed by atoms with Crippen LogP contribution in [0.4, 0.5) is 17.5 Å². The van der Waals surface area contributed by atoms with Crippen LogP contribution < -0.4 is 20.1 Å². The summed E-state index contributed by atoms with van der Waals surface area (Å²) in [5.74, 6) is 2.72. The van der Waals surface area contributed by atoms with Crippen molar-refractivity contribution in [3.05, 3.63) is 60.6 Å². The third kappa shape index (κ3) is 3.19. The summed E-state index contributed by atoms with van der Waals surface area (Å²) in [5, 5.41) is 6.42. The Kier molecular flexibility index (Phi) is 3.81. The van der Waals surface area contributed by atoms with Crippen LogP contribution in [0.3, 0.4) is 0 Å². The van der Waals surface area contributed by atoms with Gasteiger partial charge in [0.25, 0.3) is 0 Å². The fraction of sp³-hybridized carbons (Fsp3) is 0.118. The molecule has 7 nitrogen and oxygen atoms in total. The van der Waals surface area contributed by atoms with Crippen LogP contribution >= 0.6 is 0 Å². The molecule has 7 heteroatoms. The van der Waals surface area contributed by atoms with Gasteiger partial charge in [0.15, 0.2) is 11.5 Å². The molecule has 2 aromatic heterocycles. The Labute approximate surface area is 138 Å². The summed E-state index contributed by atoms with van der Waals surface area (Å²) in [4.78, 5) is 12.8. The van der Waals surface area contributed by atoms with Crippen molar-refractivity contribution in [2.75, 3.05) is 17.4 Å². The summed E-state index contributed by atoms with van der Waals surface area (Å²) in [7, 11) is 0. The molecule has 0 amide bonds. The van der Waals surface area contributed by atoms with E-state index in [4.69, 9.17) is 9.47 Å². The zero-order valence-electron chi connectivity index (χ0n) is 12.8. The number of nitrogens with zero attached hydrogens (tertiary/aromatic N) is 3. The van der Waals surface area contributed by atoms with Crippen molar-refractivity contribution < 1.29 is 9.47 Å². The molecular weight excluding hydrogens is 306 g/mol. The van der Waals surface area contributed by atoms with Gasteiger partial charge < -0.3 is 20.1 Å². The Hall–Kier alpha value is -3.35. The number of rotatable bonds is 5. The molecule has 0 spiro atoms. The van der Waals surface area contributed by atoms with Crippen molar-refractivity contribution in [2.45, 2.75) is 6.54 Å². The van der Waals surface area contributed by atoms with Crippen LogP contribution in [-0.2, 0) is 6.54 Å². The van der Waals surface area contributed by atoms with E-state index in [0.29, 0.717) is 18.3 Å². The highest BCUT2D eigenvalue weighted by Gasteiger charge is 2.13. The largest absolute Gasteiger partial charge is 0.454 e. The van der Waals surface area contributed by atoms with E-state index in [-0.39, 0.29) is 6.79 Å². The van der Waals surface area contributed by atoms with Gasteiger partial charge in [0.2, 0.25) is 12.7 Å². The average Bonchev–Trinajstić information content (AvgIpc) is 3.09. The second-order valence-electron chi connectivity index (χ2n) is 5.17. The number of nitrogens with one attached hydrogen (secondary N) is 2. The Morgan fingerprint density at radius 3 is 2.92 bits per heavy atom. The molecule has 0 saturated heterocycles. The molecule has 0 unspecified atom stereocenters. The minimum absolute atomic E-state index is 0.259. The van der Waals surface area contributed by atoms with Crippen molar-refractivity contribution in [3.63, 3.8) is 0 Å². The highest BCUT2D eigenvalue weighted by atomic mass is 16.7. The molecule has 24 heavy (non-hydrogen) atoms. The number of hydrogen-bond acceptors (Lipinski definition) is 7. The first-order chi connectivity index (χ1) is 11.9. The Morgan fingerprint density at radius 2 is 2.00 bits per heavy atom. The first-order valence-electron chi connectivity index (χ1n) is 7.49. The number of pyridine rings is 1. The topological polar surface area (TPSA) is 81.2 Å².